The Balaban J connectivity index is 2.18. The summed E-state index contributed by atoms with van der Waals surface area (Å²) >= 11 is 0. The summed E-state index contributed by atoms with van der Waals surface area (Å²) in [5.41, 5.74) is 0. The monoisotopic (exact) mass is 184 g/mol. The molecule has 0 bridgehead atoms. The Morgan fingerprint density at radius 1 is 1.54 bits per heavy atom. The van der Waals surface area contributed by atoms with Gasteiger partial charge in [-0.1, -0.05) is 6.42 Å². The molecule has 0 aromatic carbocycles. The molecule has 1 fully saturated rings. The molecule has 3 heteroatoms. The van der Waals surface area contributed by atoms with E-state index in [-0.39, 0.29) is 11.9 Å². The third-order valence-electron chi connectivity index (χ3n) is 2.29. The van der Waals surface area contributed by atoms with Gasteiger partial charge in [0.25, 0.3) is 0 Å². The van der Waals surface area contributed by atoms with Crippen molar-refractivity contribution in [2.75, 3.05) is 6.54 Å². The highest BCUT2D eigenvalue weighted by atomic mass is 16.1. The topological polar surface area (TPSA) is 41.1 Å². The molecule has 1 heterocycles. The largest absolute Gasteiger partial charge is 0.354 e. The Labute approximate surface area is 80.3 Å². The summed E-state index contributed by atoms with van der Waals surface area (Å²) in [5, 5.41) is 6.27. The van der Waals surface area contributed by atoms with Crippen LogP contribution in [0.2, 0.25) is 0 Å². The van der Waals surface area contributed by atoms with E-state index in [1.807, 2.05) is 13.8 Å². The highest BCUT2D eigenvalue weighted by Gasteiger charge is 2.16. The van der Waals surface area contributed by atoms with E-state index in [0.717, 1.165) is 13.0 Å². The fourth-order valence-electron chi connectivity index (χ4n) is 1.70. The molecule has 1 rings (SSSR count). The molecule has 13 heavy (non-hydrogen) atoms. The van der Waals surface area contributed by atoms with E-state index in [1.165, 1.54) is 12.8 Å². The van der Waals surface area contributed by atoms with Crippen molar-refractivity contribution in [3.63, 3.8) is 0 Å². The molecule has 0 saturated carbocycles. The Hall–Kier alpha value is -0.570. The zero-order chi connectivity index (χ0) is 9.68. The van der Waals surface area contributed by atoms with Crippen molar-refractivity contribution in [3.8, 4) is 0 Å². The minimum absolute atomic E-state index is 0.175. The number of rotatable bonds is 3. The molecule has 1 aliphatic heterocycles. The van der Waals surface area contributed by atoms with Gasteiger partial charge in [0.1, 0.15) is 0 Å². The van der Waals surface area contributed by atoms with Crippen molar-refractivity contribution < 1.29 is 4.79 Å². The molecule has 2 N–H and O–H groups in total. The molecule has 0 unspecified atom stereocenters. The molecule has 1 aliphatic rings. The zero-order valence-corrected chi connectivity index (χ0v) is 8.60. The maximum absolute atomic E-state index is 11.4. The van der Waals surface area contributed by atoms with Crippen LogP contribution in [-0.2, 0) is 4.79 Å². The predicted molar refractivity (Wildman–Crippen MR) is 53.5 cm³/mol. The van der Waals surface area contributed by atoms with Crippen molar-refractivity contribution in [1.29, 1.82) is 0 Å². The van der Waals surface area contributed by atoms with Crippen LogP contribution in [0.15, 0.2) is 0 Å². The first-order chi connectivity index (χ1) is 6.18. The number of nitrogens with one attached hydrogen (secondary N) is 2. The maximum atomic E-state index is 11.4. The molecule has 0 aromatic rings. The summed E-state index contributed by atoms with van der Waals surface area (Å²) in [7, 11) is 0. The number of piperidine rings is 1. The molecule has 0 aromatic heterocycles. The Kier molecular flexibility index (Phi) is 4.22. The smallest absolute Gasteiger partial charge is 0.221 e. The molecular formula is C10H20N2O. The van der Waals surface area contributed by atoms with Crippen molar-refractivity contribution in [3.05, 3.63) is 0 Å². The maximum Gasteiger partial charge on any atom is 0.221 e. The molecule has 1 amide bonds. The van der Waals surface area contributed by atoms with Gasteiger partial charge in [0, 0.05) is 18.5 Å². The first-order valence-corrected chi connectivity index (χ1v) is 5.21. The van der Waals surface area contributed by atoms with Gasteiger partial charge in [0.05, 0.1) is 0 Å². The lowest BCUT2D eigenvalue weighted by Gasteiger charge is -2.23. The number of hydrogen-bond donors (Lipinski definition) is 2. The van der Waals surface area contributed by atoms with Crippen LogP contribution in [0.3, 0.4) is 0 Å². The van der Waals surface area contributed by atoms with E-state index in [4.69, 9.17) is 0 Å². The van der Waals surface area contributed by atoms with E-state index >= 15 is 0 Å². The number of carbonyl (C=O) groups excluding carboxylic acids is 1. The second-order valence-electron chi connectivity index (χ2n) is 4.07. The normalized spacial score (nSPS) is 23.2. The van der Waals surface area contributed by atoms with Crippen molar-refractivity contribution in [2.24, 2.45) is 0 Å². The molecule has 0 aliphatic carbocycles. The van der Waals surface area contributed by atoms with Crippen LogP contribution in [0.4, 0.5) is 0 Å². The van der Waals surface area contributed by atoms with E-state index in [0.29, 0.717) is 12.5 Å². The lowest BCUT2D eigenvalue weighted by atomic mass is 10.0. The Morgan fingerprint density at radius 3 is 2.85 bits per heavy atom. The van der Waals surface area contributed by atoms with Crippen molar-refractivity contribution >= 4 is 5.91 Å². The van der Waals surface area contributed by atoms with E-state index in [1.54, 1.807) is 0 Å². The lowest BCUT2D eigenvalue weighted by molar-refractivity contribution is -0.122. The van der Waals surface area contributed by atoms with Gasteiger partial charge >= 0.3 is 0 Å². The van der Waals surface area contributed by atoms with Gasteiger partial charge in [-0.3, -0.25) is 4.79 Å². The quantitative estimate of drug-likeness (QED) is 0.688. The van der Waals surface area contributed by atoms with Gasteiger partial charge in [-0.2, -0.15) is 0 Å². The molecule has 76 valence electrons. The minimum Gasteiger partial charge on any atom is -0.354 e. The summed E-state index contributed by atoms with van der Waals surface area (Å²) < 4.78 is 0. The predicted octanol–water partition coefficient (Wildman–Crippen LogP) is 1.04. The minimum atomic E-state index is 0.175. The summed E-state index contributed by atoms with van der Waals surface area (Å²) in [6, 6.07) is 0.670. The second-order valence-corrected chi connectivity index (χ2v) is 4.07. The summed E-state index contributed by atoms with van der Waals surface area (Å²) in [5.74, 6) is 0.175. The first-order valence-electron chi connectivity index (χ1n) is 5.21. The van der Waals surface area contributed by atoms with Crippen LogP contribution in [0, 0.1) is 0 Å². The number of amides is 1. The zero-order valence-electron chi connectivity index (χ0n) is 8.60. The molecule has 1 atom stereocenters. The third kappa shape index (κ3) is 4.27. The van der Waals surface area contributed by atoms with Gasteiger partial charge < -0.3 is 10.6 Å². The molecule has 3 nitrogen and oxygen atoms in total. The van der Waals surface area contributed by atoms with Crippen molar-refractivity contribution in [1.82, 2.24) is 10.6 Å². The fraction of sp³-hybridized carbons (Fsp3) is 0.900. The summed E-state index contributed by atoms with van der Waals surface area (Å²) in [6.45, 7) is 5.05. The standard InChI is InChI=1S/C10H20N2O/c1-8(2)12-10(13)7-9-5-3-4-6-11-9/h8-9,11H,3-7H2,1-2H3,(H,12,13)/t9-/m0/s1. The Bertz CT molecular complexity index is 162. The first kappa shape index (κ1) is 10.5. The Morgan fingerprint density at radius 2 is 2.31 bits per heavy atom. The van der Waals surface area contributed by atoms with Crippen LogP contribution >= 0.6 is 0 Å². The van der Waals surface area contributed by atoms with E-state index in [9.17, 15) is 4.79 Å². The molecule has 1 saturated heterocycles. The van der Waals surface area contributed by atoms with Gasteiger partial charge in [-0.25, -0.2) is 0 Å². The average molecular weight is 184 g/mol. The van der Waals surface area contributed by atoms with Gasteiger partial charge in [0.15, 0.2) is 0 Å². The van der Waals surface area contributed by atoms with Crippen LogP contribution in [-0.4, -0.2) is 24.5 Å². The second kappa shape index (κ2) is 5.22. The van der Waals surface area contributed by atoms with E-state index in [2.05, 4.69) is 10.6 Å². The lowest BCUT2D eigenvalue weighted by Crippen LogP contribution is -2.40. The molecular weight excluding hydrogens is 164 g/mol. The third-order valence-corrected chi connectivity index (χ3v) is 2.29. The van der Waals surface area contributed by atoms with Gasteiger partial charge in [-0.15, -0.1) is 0 Å². The van der Waals surface area contributed by atoms with Crippen LogP contribution in [0.1, 0.15) is 39.5 Å². The summed E-state index contributed by atoms with van der Waals surface area (Å²) in [6.07, 6.45) is 4.29. The summed E-state index contributed by atoms with van der Waals surface area (Å²) in [4.78, 5) is 11.4. The SMILES string of the molecule is CC(C)NC(=O)C[C@@H]1CCCCN1. The number of carbonyl (C=O) groups is 1. The van der Waals surface area contributed by atoms with E-state index < -0.39 is 0 Å². The highest BCUT2D eigenvalue weighted by Crippen LogP contribution is 2.09. The molecule has 0 spiro atoms. The van der Waals surface area contributed by atoms with Crippen molar-refractivity contribution in [2.45, 2.75) is 51.6 Å². The highest BCUT2D eigenvalue weighted by molar-refractivity contribution is 5.76. The fourth-order valence-corrected chi connectivity index (χ4v) is 1.70. The van der Waals surface area contributed by atoms with Crippen LogP contribution < -0.4 is 10.6 Å². The van der Waals surface area contributed by atoms with Crippen LogP contribution in [0.25, 0.3) is 0 Å². The molecule has 0 radical (unpaired) electrons. The van der Waals surface area contributed by atoms with Gasteiger partial charge in [0.2, 0.25) is 5.91 Å². The number of hydrogen-bond acceptors (Lipinski definition) is 2. The van der Waals surface area contributed by atoms with Gasteiger partial charge in [-0.05, 0) is 33.2 Å². The van der Waals surface area contributed by atoms with Crippen LogP contribution in [0.5, 0.6) is 0 Å². The average Bonchev–Trinajstić information content (AvgIpc) is 2.04.